The lowest BCUT2D eigenvalue weighted by Crippen LogP contribution is -2.30. The maximum Gasteiger partial charge on any atom is 0.359 e. The minimum atomic E-state index is -0.380. The van der Waals surface area contributed by atoms with Crippen molar-refractivity contribution in [2.45, 2.75) is 26.2 Å². The van der Waals surface area contributed by atoms with Gasteiger partial charge in [-0.25, -0.2) is 4.79 Å². The smallest absolute Gasteiger partial charge is 0.359 e. The highest BCUT2D eigenvalue weighted by Gasteiger charge is 2.18. The molecule has 1 heterocycles. The van der Waals surface area contributed by atoms with Gasteiger partial charge in [0.2, 0.25) is 11.0 Å². The second-order valence-corrected chi connectivity index (χ2v) is 7.54. The lowest BCUT2D eigenvalue weighted by molar-refractivity contribution is -0.645. The van der Waals surface area contributed by atoms with Crippen LogP contribution < -0.4 is 9.58 Å². The van der Waals surface area contributed by atoms with Crippen molar-refractivity contribution in [2.75, 3.05) is 6.61 Å². The van der Waals surface area contributed by atoms with Gasteiger partial charge in [0, 0.05) is 6.08 Å². The third-order valence-electron chi connectivity index (χ3n) is 5.23. The van der Waals surface area contributed by atoms with Crippen LogP contribution in [-0.4, -0.2) is 22.4 Å². The number of allylic oxidation sites excluding steroid dienone is 1. The summed E-state index contributed by atoms with van der Waals surface area (Å²) in [5, 5.41) is 15.6. The molecule has 0 aliphatic heterocycles. The molecule has 6 heteroatoms. The molecule has 4 rings (SSSR count). The molecule has 0 amide bonds. The first kappa shape index (κ1) is 21.3. The molecule has 3 aromatic carbocycles. The monoisotopic (exact) mass is 427 g/mol. The first-order valence-corrected chi connectivity index (χ1v) is 10.8. The molecular weight excluding hydrogens is 402 g/mol. The molecule has 0 radical (unpaired) electrons. The lowest BCUT2D eigenvalue weighted by atomic mass is 10.0. The minimum absolute atomic E-state index is 0.357. The number of para-hydroxylation sites is 2. The highest BCUT2D eigenvalue weighted by Crippen LogP contribution is 2.23. The molecule has 0 unspecified atom stereocenters. The summed E-state index contributed by atoms with van der Waals surface area (Å²) in [6.45, 7) is 2.92. The van der Waals surface area contributed by atoms with E-state index in [9.17, 15) is 10.0 Å². The van der Waals surface area contributed by atoms with Crippen molar-refractivity contribution in [1.29, 1.82) is 0 Å². The number of hydrogen-bond acceptors (Lipinski definition) is 4. The Morgan fingerprint density at radius 2 is 1.69 bits per heavy atom. The van der Waals surface area contributed by atoms with Crippen molar-refractivity contribution in [1.82, 2.24) is 9.90 Å². The van der Waals surface area contributed by atoms with Crippen molar-refractivity contribution in [3.8, 4) is 16.9 Å². The third-order valence-corrected chi connectivity index (χ3v) is 5.23. The number of carbonyl (C=O) groups is 1. The summed E-state index contributed by atoms with van der Waals surface area (Å²) in [5.74, 6) is 0.503. The molecule has 0 aliphatic rings. The van der Waals surface area contributed by atoms with Crippen LogP contribution in [0.15, 0.2) is 78.9 Å². The molecule has 4 aromatic rings. The van der Waals surface area contributed by atoms with E-state index in [2.05, 4.69) is 12.1 Å². The van der Waals surface area contributed by atoms with E-state index < -0.39 is 0 Å². The number of benzene rings is 3. The number of fused-ring (bicyclic) bond motifs is 1. The number of nitrogens with zero attached hydrogens (tertiary/aromatic N) is 3. The van der Waals surface area contributed by atoms with Crippen LogP contribution in [0.1, 0.15) is 36.5 Å². The molecule has 0 N–H and O–H groups in total. The Morgan fingerprint density at radius 1 is 1.00 bits per heavy atom. The molecule has 0 saturated carbocycles. The van der Waals surface area contributed by atoms with E-state index >= 15 is 0 Å². The van der Waals surface area contributed by atoms with E-state index in [1.165, 1.54) is 18.9 Å². The standard InChI is InChI=1S/C26H25N3O3/c1-2-3-6-19-32-23-16-14-22(15-17-23)21-12-9-20(10-13-21)11-18-26(30)28-24-7-4-5-8-25(24)29(31)27-28/h4-5,7-18H,2-3,6,19H2,1H3/b18-11+. The van der Waals surface area contributed by atoms with Crippen LogP contribution >= 0.6 is 0 Å². The molecule has 0 atom stereocenters. The van der Waals surface area contributed by atoms with Gasteiger partial charge in [-0.3, -0.25) is 0 Å². The van der Waals surface area contributed by atoms with Crippen LogP contribution in [0.25, 0.3) is 28.2 Å². The summed E-state index contributed by atoms with van der Waals surface area (Å²) >= 11 is 0. The van der Waals surface area contributed by atoms with Crippen LogP contribution in [0, 0.1) is 5.21 Å². The van der Waals surface area contributed by atoms with Gasteiger partial charge < -0.3 is 9.94 Å². The quantitative estimate of drug-likeness (QED) is 0.166. The van der Waals surface area contributed by atoms with Crippen LogP contribution in [0.5, 0.6) is 5.75 Å². The van der Waals surface area contributed by atoms with Crippen LogP contribution in [-0.2, 0) is 0 Å². The van der Waals surface area contributed by atoms with Gasteiger partial charge in [-0.05, 0) is 53.5 Å². The highest BCUT2D eigenvalue weighted by atomic mass is 16.5. The van der Waals surface area contributed by atoms with E-state index in [0.29, 0.717) is 15.9 Å². The second-order valence-electron chi connectivity index (χ2n) is 7.54. The Kier molecular flexibility index (Phi) is 6.60. The molecule has 162 valence electrons. The zero-order chi connectivity index (χ0) is 22.3. The Morgan fingerprint density at radius 3 is 2.41 bits per heavy atom. The van der Waals surface area contributed by atoms with E-state index in [1.54, 1.807) is 30.3 Å². The fourth-order valence-corrected chi connectivity index (χ4v) is 3.46. The molecule has 1 aromatic heterocycles. The number of ether oxygens (including phenoxy) is 1. The van der Waals surface area contributed by atoms with E-state index in [1.807, 2.05) is 48.5 Å². The highest BCUT2D eigenvalue weighted by molar-refractivity contribution is 5.97. The van der Waals surface area contributed by atoms with Gasteiger partial charge in [-0.1, -0.05) is 73.0 Å². The fraction of sp³-hybridized carbons (Fsp3) is 0.192. The number of hydrogen-bond donors (Lipinski definition) is 0. The zero-order valence-electron chi connectivity index (χ0n) is 18.0. The third kappa shape index (κ3) is 4.86. The predicted molar refractivity (Wildman–Crippen MR) is 125 cm³/mol. The van der Waals surface area contributed by atoms with Crippen molar-refractivity contribution >= 4 is 23.0 Å². The Bertz CT molecular complexity index is 1230. The van der Waals surface area contributed by atoms with Gasteiger partial charge in [0.1, 0.15) is 11.0 Å². The second kappa shape index (κ2) is 9.92. The Labute approximate surface area is 186 Å². The first-order chi connectivity index (χ1) is 15.7. The molecule has 32 heavy (non-hydrogen) atoms. The number of carbonyl (C=O) groups excluding carboxylic acids is 1. The molecule has 0 aliphatic carbocycles. The van der Waals surface area contributed by atoms with Crippen molar-refractivity contribution in [2.24, 2.45) is 0 Å². The number of aromatic nitrogens is 3. The van der Waals surface area contributed by atoms with Crippen molar-refractivity contribution in [3.05, 3.63) is 89.6 Å². The van der Waals surface area contributed by atoms with Gasteiger partial charge in [0.25, 0.3) is 0 Å². The maximum absolute atomic E-state index is 12.5. The van der Waals surface area contributed by atoms with E-state index in [0.717, 1.165) is 40.1 Å². The van der Waals surface area contributed by atoms with Gasteiger partial charge in [0.15, 0.2) is 0 Å². The number of unbranched alkanes of at least 4 members (excludes halogenated alkanes) is 2. The molecular formula is C26H25N3O3. The summed E-state index contributed by atoms with van der Waals surface area (Å²) in [5.41, 5.74) is 3.89. The average Bonchev–Trinajstić information content (AvgIpc) is 3.18. The van der Waals surface area contributed by atoms with Gasteiger partial charge in [-0.2, -0.15) is 0 Å². The van der Waals surface area contributed by atoms with Crippen LogP contribution in [0.4, 0.5) is 0 Å². The topological polar surface area (TPSA) is 71.1 Å². The first-order valence-electron chi connectivity index (χ1n) is 10.8. The molecule has 6 nitrogen and oxygen atoms in total. The SMILES string of the molecule is CCCCCOc1ccc(-c2ccc(/C=C/C(=O)n3n[n+]([O-])c4ccccc43)cc2)cc1. The summed E-state index contributed by atoms with van der Waals surface area (Å²) in [6, 6.07) is 22.8. The molecule has 0 bridgehead atoms. The normalized spacial score (nSPS) is 11.3. The summed E-state index contributed by atoms with van der Waals surface area (Å²) < 4.78 is 6.88. The van der Waals surface area contributed by atoms with E-state index in [4.69, 9.17) is 4.74 Å². The maximum atomic E-state index is 12.5. The van der Waals surface area contributed by atoms with Crippen molar-refractivity contribution in [3.63, 3.8) is 0 Å². The largest absolute Gasteiger partial charge is 0.691 e. The summed E-state index contributed by atoms with van der Waals surface area (Å²) in [4.78, 5) is 13.0. The summed E-state index contributed by atoms with van der Waals surface area (Å²) in [6.07, 6.45) is 6.57. The molecule has 0 fully saturated rings. The predicted octanol–water partition coefficient (Wildman–Crippen LogP) is 5.26. The molecule has 0 spiro atoms. The van der Waals surface area contributed by atoms with Gasteiger partial charge in [-0.15, -0.1) is 4.85 Å². The zero-order valence-corrected chi connectivity index (χ0v) is 18.0. The number of rotatable bonds is 8. The fourth-order valence-electron chi connectivity index (χ4n) is 3.46. The Balaban J connectivity index is 1.41. The minimum Gasteiger partial charge on any atom is -0.691 e. The average molecular weight is 428 g/mol. The lowest BCUT2D eigenvalue weighted by Gasteiger charge is -2.07. The van der Waals surface area contributed by atoms with Crippen molar-refractivity contribution < 1.29 is 14.4 Å². The van der Waals surface area contributed by atoms with E-state index in [-0.39, 0.29) is 5.91 Å². The molecule has 0 saturated heterocycles. The Hall–Kier alpha value is -3.93. The van der Waals surface area contributed by atoms with Crippen LogP contribution in [0.2, 0.25) is 0 Å². The van der Waals surface area contributed by atoms with Crippen LogP contribution in [0.3, 0.4) is 0 Å². The van der Waals surface area contributed by atoms with Gasteiger partial charge in [0.05, 0.1) is 6.61 Å². The van der Waals surface area contributed by atoms with Gasteiger partial charge >= 0.3 is 5.91 Å². The summed E-state index contributed by atoms with van der Waals surface area (Å²) in [7, 11) is 0.